The van der Waals surface area contributed by atoms with Crippen molar-refractivity contribution >= 4 is 43.6 Å². The van der Waals surface area contributed by atoms with E-state index in [9.17, 15) is 0 Å². The van der Waals surface area contributed by atoms with Gasteiger partial charge in [0.15, 0.2) is 0 Å². The van der Waals surface area contributed by atoms with Crippen molar-refractivity contribution in [1.29, 1.82) is 0 Å². The van der Waals surface area contributed by atoms with E-state index in [1.54, 1.807) is 0 Å². The molecule has 0 fully saturated rings. The Morgan fingerprint density at radius 1 is 0.536 bits per heavy atom. The third-order valence-electron chi connectivity index (χ3n) is 11.2. The van der Waals surface area contributed by atoms with Crippen molar-refractivity contribution in [3.05, 3.63) is 174 Å². The average Bonchev–Trinajstić information content (AvgIpc) is 3.90. The molecule has 6 nitrogen and oxygen atoms in total. The van der Waals surface area contributed by atoms with Crippen LogP contribution in [0.15, 0.2) is 152 Å². The molecule has 272 valence electrons. The monoisotopic (exact) mass is 727 g/mol. The average molecular weight is 728 g/mol. The molecule has 4 aromatic heterocycles. The van der Waals surface area contributed by atoms with Gasteiger partial charge in [-0.05, 0) is 79.8 Å². The first-order valence-electron chi connectivity index (χ1n) is 19.5. The van der Waals surface area contributed by atoms with E-state index in [1.165, 1.54) is 55.1 Å². The summed E-state index contributed by atoms with van der Waals surface area (Å²) >= 11 is 0. The maximum atomic E-state index is 6.68. The third-order valence-corrected chi connectivity index (χ3v) is 11.2. The minimum Gasteiger partial charge on any atom is -0.457 e. The Kier molecular flexibility index (Phi) is 8.07. The van der Waals surface area contributed by atoms with E-state index in [1.807, 2.05) is 18.3 Å². The highest BCUT2D eigenvalue weighted by molar-refractivity contribution is 6.12. The summed E-state index contributed by atoms with van der Waals surface area (Å²) in [6.45, 7) is 8.76. The molecule has 10 rings (SSSR count). The van der Waals surface area contributed by atoms with Gasteiger partial charge in [-0.25, -0.2) is 9.67 Å². The first-order chi connectivity index (χ1) is 27.5. The van der Waals surface area contributed by atoms with Gasteiger partial charge in [-0.15, -0.1) is 0 Å². The van der Waals surface area contributed by atoms with Crippen molar-refractivity contribution < 1.29 is 4.74 Å². The number of fused-ring (bicyclic) bond motifs is 6. The van der Waals surface area contributed by atoms with Crippen LogP contribution in [0.4, 0.5) is 0 Å². The molecule has 0 spiro atoms. The van der Waals surface area contributed by atoms with Gasteiger partial charge in [0, 0.05) is 51.5 Å². The molecule has 0 unspecified atom stereocenters. The van der Waals surface area contributed by atoms with E-state index in [-0.39, 0.29) is 0 Å². The number of benzene rings is 6. The van der Waals surface area contributed by atoms with Crippen LogP contribution < -0.4 is 4.74 Å². The van der Waals surface area contributed by atoms with E-state index in [0.29, 0.717) is 0 Å². The lowest BCUT2D eigenvalue weighted by atomic mass is 10.0. The Morgan fingerprint density at radius 3 is 1.96 bits per heavy atom. The first kappa shape index (κ1) is 33.6. The quantitative estimate of drug-likeness (QED) is 0.157. The summed E-state index contributed by atoms with van der Waals surface area (Å²) < 4.78 is 13.4. The molecule has 0 aliphatic heterocycles. The number of hydrogen-bond acceptors (Lipinski definition) is 3. The second kappa shape index (κ2) is 13.4. The van der Waals surface area contributed by atoms with Gasteiger partial charge in [0.2, 0.25) is 0 Å². The largest absolute Gasteiger partial charge is 0.457 e. The summed E-state index contributed by atoms with van der Waals surface area (Å²) in [7, 11) is 0. The van der Waals surface area contributed by atoms with Gasteiger partial charge >= 0.3 is 0 Å². The van der Waals surface area contributed by atoms with Crippen LogP contribution in [-0.2, 0) is 12.8 Å². The van der Waals surface area contributed by atoms with Crippen molar-refractivity contribution in [2.45, 2.75) is 40.5 Å². The lowest BCUT2D eigenvalue weighted by Crippen LogP contribution is -2.02. The van der Waals surface area contributed by atoms with Gasteiger partial charge < -0.3 is 9.30 Å². The highest BCUT2D eigenvalue weighted by Gasteiger charge is 2.20. The van der Waals surface area contributed by atoms with Gasteiger partial charge in [-0.1, -0.05) is 105 Å². The number of aromatic nitrogens is 5. The van der Waals surface area contributed by atoms with Crippen LogP contribution in [0, 0.1) is 13.8 Å². The molecule has 6 heteroatoms. The van der Waals surface area contributed by atoms with Crippen molar-refractivity contribution in [3.63, 3.8) is 0 Å². The lowest BCUT2D eigenvalue weighted by molar-refractivity contribution is 0.482. The molecule has 0 atom stereocenters. The molecule has 56 heavy (non-hydrogen) atoms. The topological polar surface area (TPSA) is 49.8 Å². The smallest absolute Gasteiger partial charge is 0.139 e. The molecule has 0 N–H and O–H groups in total. The molecule has 0 saturated heterocycles. The Bertz CT molecular complexity index is 3050. The number of para-hydroxylation sites is 3. The third kappa shape index (κ3) is 5.32. The summed E-state index contributed by atoms with van der Waals surface area (Å²) in [5.74, 6) is 2.34. The highest BCUT2D eigenvalue weighted by atomic mass is 16.5. The molecule has 0 radical (unpaired) electrons. The van der Waals surface area contributed by atoms with E-state index in [4.69, 9.17) is 14.8 Å². The number of rotatable bonds is 8. The number of aryl methyl sites for hydroxylation is 3. The maximum Gasteiger partial charge on any atom is 0.139 e. The molecular weight excluding hydrogens is 687 g/mol. The zero-order chi connectivity index (χ0) is 37.9. The van der Waals surface area contributed by atoms with Crippen LogP contribution in [0.3, 0.4) is 0 Å². The second-order valence-electron chi connectivity index (χ2n) is 14.5. The summed E-state index contributed by atoms with van der Waals surface area (Å²) in [6.07, 6.45) is 3.64. The summed E-state index contributed by atoms with van der Waals surface area (Å²) in [5.41, 5.74) is 13.8. The van der Waals surface area contributed by atoms with Crippen molar-refractivity contribution in [2.24, 2.45) is 0 Å². The number of hydrogen-bond donors (Lipinski definition) is 0. The Balaban J connectivity index is 1.08. The second-order valence-corrected chi connectivity index (χ2v) is 14.5. The predicted octanol–water partition coefficient (Wildman–Crippen LogP) is 12.7. The van der Waals surface area contributed by atoms with Crippen LogP contribution in [0.2, 0.25) is 0 Å². The van der Waals surface area contributed by atoms with Gasteiger partial charge in [0.05, 0.1) is 44.8 Å². The molecule has 6 aromatic carbocycles. The zero-order valence-electron chi connectivity index (χ0n) is 32.0. The van der Waals surface area contributed by atoms with Crippen LogP contribution in [0.25, 0.3) is 71.9 Å². The van der Waals surface area contributed by atoms with Crippen LogP contribution >= 0.6 is 0 Å². The first-order valence-corrected chi connectivity index (χ1v) is 19.5. The molecule has 0 amide bonds. The highest BCUT2D eigenvalue weighted by Crippen LogP contribution is 2.39. The van der Waals surface area contributed by atoms with Gasteiger partial charge in [-0.2, -0.15) is 5.10 Å². The Morgan fingerprint density at radius 2 is 1.21 bits per heavy atom. The fourth-order valence-electron chi connectivity index (χ4n) is 8.69. The fraction of sp³-hybridized carbons (Fsp3) is 0.120. The SMILES string of the molecule is CCc1nn(-c2cccc(Oc3ccc4c5ccccc5n(-c5cc(-n6c7c(C)cccc7c7cccc(C)c76)ccn5)c4c3)c2)c(CC)c1-c1ccccc1. The Labute approximate surface area is 325 Å². The molecule has 0 bridgehead atoms. The molecule has 0 aliphatic rings. The van der Waals surface area contributed by atoms with E-state index in [0.717, 1.165) is 63.6 Å². The van der Waals surface area contributed by atoms with Crippen molar-refractivity contribution in [2.75, 3.05) is 0 Å². The Hall–Kier alpha value is -6.92. The van der Waals surface area contributed by atoms with E-state index in [2.05, 4.69) is 175 Å². The fourth-order valence-corrected chi connectivity index (χ4v) is 8.69. The van der Waals surface area contributed by atoms with Gasteiger partial charge in [0.25, 0.3) is 0 Å². The number of ether oxygens (including phenoxy) is 1. The van der Waals surface area contributed by atoms with Crippen LogP contribution in [0.1, 0.15) is 36.4 Å². The zero-order valence-corrected chi connectivity index (χ0v) is 32.0. The number of pyridine rings is 1. The standard InChI is InChI=1S/C50H41N5O/c1-5-43-48(34-17-8-7-9-18-34)44(6-2)55(52-43)36-19-14-20-37(29-36)56-38-25-26-40-39-21-10-11-24-45(39)54(46(40)31-38)47-30-35(27-28-51-47)53-49-32(3)15-12-22-41(49)42-23-13-16-33(4)50(42)53/h7-31H,5-6H2,1-4H3. The van der Waals surface area contributed by atoms with Gasteiger partial charge in [0.1, 0.15) is 17.3 Å². The minimum atomic E-state index is 0.749. The molecule has 0 saturated carbocycles. The van der Waals surface area contributed by atoms with Crippen LogP contribution in [-0.4, -0.2) is 23.9 Å². The lowest BCUT2D eigenvalue weighted by Gasteiger charge is -2.14. The minimum absolute atomic E-state index is 0.749. The molecule has 0 aliphatic carbocycles. The summed E-state index contributed by atoms with van der Waals surface area (Å²) in [4.78, 5) is 5.01. The van der Waals surface area contributed by atoms with E-state index < -0.39 is 0 Å². The summed E-state index contributed by atoms with van der Waals surface area (Å²) in [6, 6.07) is 51.2. The predicted molar refractivity (Wildman–Crippen MR) is 230 cm³/mol. The molecule has 4 heterocycles. The van der Waals surface area contributed by atoms with Crippen molar-refractivity contribution in [3.8, 4) is 39.8 Å². The maximum absolute atomic E-state index is 6.68. The molecular formula is C50H41N5O. The number of nitrogens with zero attached hydrogens (tertiary/aromatic N) is 5. The van der Waals surface area contributed by atoms with Gasteiger partial charge in [-0.3, -0.25) is 4.57 Å². The van der Waals surface area contributed by atoms with E-state index >= 15 is 0 Å². The molecule has 10 aromatic rings. The van der Waals surface area contributed by atoms with Crippen molar-refractivity contribution in [1.82, 2.24) is 23.9 Å². The van der Waals surface area contributed by atoms with Crippen LogP contribution in [0.5, 0.6) is 11.5 Å². The normalized spacial score (nSPS) is 11.7. The summed E-state index contributed by atoms with van der Waals surface area (Å²) in [5, 5.41) is 9.94.